The summed E-state index contributed by atoms with van der Waals surface area (Å²) < 4.78 is 2.30. The topological polar surface area (TPSA) is 121 Å². The molecule has 2 N–H and O–H groups in total. The molecule has 0 spiro atoms. The van der Waals surface area contributed by atoms with Crippen LogP contribution in [0.1, 0.15) is 25.1 Å². The third-order valence-electron chi connectivity index (χ3n) is 4.34. The fraction of sp³-hybridized carbons (Fsp3) is 0.375. The Balaban J connectivity index is 1.62. The van der Waals surface area contributed by atoms with Crippen molar-refractivity contribution in [2.75, 3.05) is 23.7 Å². The molecule has 3 aromatic rings. The van der Waals surface area contributed by atoms with E-state index in [0.29, 0.717) is 22.5 Å². The van der Waals surface area contributed by atoms with E-state index in [-0.39, 0.29) is 12.5 Å². The molecule has 1 fully saturated rings. The van der Waals surface area contributed by atoms with Crippen LogP contribution < -0.4 is 16.3 Å². The van der Waals surface area contributed by atoms with Gasteiger partial charge in [0.25, 0.3) is 0 Å². The molecule has 11 heteroatoms. The van der Waals surface area contributed by atoms with Gasteiger partial charge in [-0.15, -0.1) is 0 Å². The van der Waals surface area contributed by atoms with Crippen LogP contribution in [0.2, 0.25) is 5.02 Å². The number of para-hydroxylation sites is 1. The van der Waals surface area contributed by atoms with Gasteiger partial charge in [0.05, 0.1) is 10.7 Å². The molecule has 27 heavy (non-hydrogen) atoms. The summed E-state index contributed by atoms with van der Waals surface area (Å²) in [6.45, 7) is 1.80. The zero-order chi connectivity index (χ0) is 18.8. The van der Waals surface area contributed by atoms with Crippen LogP contribution in [0.4, 0.5) is 11.9 Å². The number of tetrazole rings is 1. The molecule has 0 aliphatic carbocycles. The van der Waals surface area contributed by atoms with Gasteiger partial charge in [-0.25, -0.2) is 4.79 Å². The standard InChI is InChI=1S/C16H18ClN9O/c17-11-6-2-3-7-12(11)26-16(27)25(22-23-26)10-13-19-14(18)21-15(20-13)24-8-4-1-5-9-24/h2-3,6-7H,1,4-5,8-10H2,(H2,18,19,20,21). The van der Waals surface area contributed by atoms with E-state index in [2.05, 4.69) is 30.3 Å². The Hall–Kier alpha value is -3.01. The van der Waals surface area contributed by atoms with Crippen molar-refractivity contribution in [3.8, 4) is 5.69 Å². The van der Waals surface area contributed by atoms with Gasteiger partial charge in [-0.2, -0.15) is 24.3 Å². The highest BCUT2D eigenvalue weighted by atomic mass is 35.5. The molecule has 1 aliphatic rings. The zero-order valence-electron chi connectivity index (χ0n) is 14.5. The quantitative estimate of drug-likeness (QED) is 0.700. The van der Waals surface area contributed by atoms with Crippen molar-refractivity contribution < 1.29 is 0 Å². The Labute approximate surface area is 159 Å². The summed E-state index contributed by atoms with van der Waals surface area (Å²) in [4.78, 5) is 27.5. The maximum Gasteiger partial charge on any atom is 0.368 e. The Bertz CT molecular complexity index is 1010. The van der Waals surface area contributed by atoms with Gasteiger partial charge in [-0.1, -0.05) is 23.7 Å². The number of halogens is 1. The molecule has 1 aliphatic heterocycles. The van der Waals surface area contributed by atoms with E-state index < -0.39 is 5.69 Å². The van der Waals surface area contributed by atoms with Gasteiger partial charge >= 0.3 is 5.69 Å². The molecule has 3 heterocycles. The number of nitrogen functional groups attached to an aromatic ring is 1. The highest BCUT2D eigenvalue weighted by Crippen LogP contribution is 2.18. The Morgan fingerprint density at radius 3 is 2.59 bits per heavy atom. The molecule has 0 saturated carbocycles. The number of aromatic nitrogens is 7. The van der Waals surface area contributed by atoms with Gasteiger partial charge in [0.1, 0.15) is 6.54 Å². The molecule has 10 nitrogen and oxygen atoms in total. The number of rotatable bonds is 4. The van der Waals surface area contributed by atoms with E-state index in [4.69, 9.17) is 17.3 Å². The van der Waals surface area contributed by atoms with Gasteiger partial charge in [-0.3, -0.25) is 0 Å². The van der Waals surface area contributed by atoms with E-state index in [1.165, 1.54) is 6.42 Å². The predicted octanol–water partition coefficient (Wildman–Crippen LogP) is 0.888. The van der Waals surface area contributed by atoms with E-state index >= 15 is 0 Å². The number of piperidine rings is 1. The number of hydrogen-bond acceptors (Lipinski definition) is 8. The van der Waals surface area contributed by atoms with Gasteiger partial charge < -0.3 is 10.6 Å². The Morgan fingerprint density at radius 1 is 1.04 bits per heavy atom. The summed E-state index contributed by atoms with van der Waals surface area (Å²) in [5.74, 6) is 1.01. The average Bonchev–Trinajstić information content (AvgIpc) is 3.03. The van der Waals surface area contributed by atoms with E-state index in [1.54, 1.807) is 24.3 Å². The molecule has 0 radical (unpaired) electrons. The van der Waals surface area contributed by atoms with Crippen LogP contribution in [0.3, 0.4) is 0 Å². The number of anilines is 2. The largest absolute Gasteiger partial charge is 0.368 e. The van der Waals surface area contributed by atoms with E-state index in [9.17, 15) is 4.79 Å². The molecule has 1 saturated heterocycles. The van der Waals surface area contributed by atoms with Crippen LogP contribution in [-0.4, -0.2) is 47.8 Å². The number of hydrogen-bond donors (Lipinski definition) is 1. The van der Waals surface area contributed by atoms with Gasteiger partial charge in [0, 0.05) is 13.1 Å². The average molecular weight is 388 g/mol. The van der Waals surface area contributed by atoms with Crippen molar-refractivity contribution in [3.05, 3.63) is 45.6 Å². The SMILES string of the molecule is Nc1nc(Cn2nnn(-c3ccccc3Cl)c2=O)nc(N2CCCCC2)n1. The summed E-state index contributed by atoms with van der Waals surface area (Å²) in [7, 11) is 0. The minimum Gasteiger partial charge on any atom is -0.368 e. The summed E-state index contributed by atoms with van der Waals surface area (Å²) in [6.07, 6.45) is 3.38. The fourth-order valence-corrected chi connectivity index (χ4v) is 3.23. The maximum absolute atomic E-state index is 12.6. The highest BCUT2D eigenvalue weighted by Gasteiger charge is 2.17. The van der Waals surface area contributed by atoms with Crippen LogP contribution >= 0.6 is 11.6 Å². The summed E-state index contributed by atoms with van der Waals surface area (Å²) in [5.41, 5.74) is 5.85. The lowest BCUT2D eigenvalue weighted by Gasteiger charge is -2.26. The monoisotopic (exact) mass is 387 g/mol. The van der Waals surface area contributed by atoms with Crippen LogP contribution in [0.5, 0.6) is 0 Å². The molecule has 2 aromatic heterocycles. The molecule has 0 bridgehead atoms. The first-order chi connectivity index (χ1) is 13.1. The second-order valence-electron chi connectivity index (χ2n) is 6.24. The highest BCUT2D eigenvalue weighted by molar-refractivity contribution is 6.32. The number of benzene rings is 1. The van der Waals surface area contributed by atoms with Crippen molar-refractivity contribution in [3.63, 3.8) is 0 Å². The van der Waals surface area contributed by atoms with Crippen LogP contribution in [0.25, 0.3) is 5.69 Å². The smallest absolute Gasteiger partial charge is 0.368 e. The second-order valence-corrected chi connectivity index (χ2v) is 6.65. The number of nitrogens with zero attached hydrogens (tertiary/aromatic N) is 8. The van der Waals surface area contributed by atoms with Crippen molar-refractivity contribution in [2.24, 2.45) is 0 Å². The normalized spacial score (nSPS) is 14.5. The van der Waals surface area contributed by atoms with E-state index in [0.717, 1.165) is 35.3 Å². The molecule has 140 valence electrons. The zero-order valence-corrected chi connectivity index (χ0v) is 15.2. The van der Waals surface area contributed by atoms with Crippen molar-refractivity contribution in [2.45, 2.75) is 25.8 Å². The summed E-state index contributed by atoms with van der Waals surface area (Å²) in [6, 6.07) is 6.92. The minimum absolute atomic E-state index is 0.0385. The molecule has 0 unspecified atom stereocenters. The third-order valence-corrected chi connectivity index (χ3v) is 4.66. The summed E-state index contributed by atoms with van der Waals surface area (Å²) in [5, 5.41) is 8.21. The lowest BCUT2D eigenvalue weighted by atomic mass is 10.1. The Kier molecular flexibility index (Phi) is 4.71. The lowest BCUT2D eigenvalue weighted by Crippen LogP contribution is -2.32. The van der Waals surface area contributed by atoms with Gasteiger partial charge in [0.2, 0.25) is 11.9 Å². The fourth-order valence-electron chi connectivity index (χ4n) is 3.01. The van der Waals surface area contributed by atoms with Gasteiger partial charge in [-0.05, 0) is 41.8 Å². The van der Waals surface area contributed by atoms with Crippen molar-refractivity contribution in [1.29, 1.82) is 0 Å². The van der Waals surface area contributed by atoms with E-state index in [1.807, 2.05) is 0 Å². The lowest BCUT2D eigenvalue weighted by molar-refractivity contribution is 0.561. The summed E-state index contributed by atoms with van der Waals surface area (Å²) >= 11 is 6.14. The van der Waals surface area contributed by atoms with Crippen LogP contribution in [0.15, 0.2) is 29.1 Å². The first-order valence-corrected chi connectivity index (χ1v) is 9.03. The molecule has 1 aromatic carbocycles. The predicted molar refractivity (Wildman–Crippen MR) is 100 cm³/mol. The third kappa shape index (κ3) is 3.61. The molecular weight excluding hydrogens is 370 g/mol. The minimum atomic E-state index is -0.443. The van der Waals surface area contributed by atoms with Gasteiger partial charge in [0.15, 0.2) is 5.82 Å². The molecule has 0 atom stereocenters. The first-order valence-electron chi connectivity index (χ1n) is 8.65. The van der Waals surface area contributed by atoms with Crippen molar-refractivity contribution in [1.82, 2.24) is 34.7 Å². The second kappa shape index (κ2) is 7.31. The van der Waals surface area contributed by atoms with Crippen molar-refractivity contribution >= 4 is 23.5 Å². The Morgan fingerprint density at radius 2 is 1.81 bits per heavy atom. The van der Waals surface area contributed by atoms with Crippen LogP contribution in [0, 0.1) is 0 Å². The molecule has 4 rings (SSSR count). The molecular formula is C16H18ClN9O. The molecule has 0 amide bonds. The number of nitrogens with two attached hydrogens (primary N) is 1. The maximum atomic E-state index is 12.6. The first kappa shape index (κ1) is 17.4. The van der Waals surface area contributed by atoms with Crippen LogP contribution in [-0.2, 0) is 6.54 Å².